The summed E-state index contributed by atoms with van der Waals surface area (Å²) >= 11 is 0. The molecule has 2 aliphatic rings. The van der Waals surface area contributed by atoms with Crippen molar-refractivity contribution in [2.45, 2.75) is 27.3 Å². The molecule has 9 heteroatoms. The number of hydrogen-bond donors (Lipinski definition) is 0. The molecule has 2 aromatic rings. The molecule has 1 aromatic heterocycles. The summed E-state index contributed by atoms with van der Waals surface area (Å²) in [7, 11) is 0. The highest BCUT2D eigenvalue weighted by molar-refractivity contribution is 5.89. The third-order valence-corrected chi connectivity index (χ3v) is 5.43. The molecular weight excluding hydrogens is 387 g/mol. The van der Waals surface area contributed by atoms with E-state index < -0.39 is 0 Å². The minimum Gasteiger partial charge on any atom is -0.472 e. The predicted molar refractivity (Wildman–Crippen MR) is 112 cm³/mol. The number of piperazine rings is 1. The zero-order valence-electron chi connectivity index (χ0n) is 17.4. The average Bonchev–Trinajstić information content (AvgIpc) is 3.11. The Labute approximate surface area is 174 Å². The predicted octanol–water partition coefficient (Wildman–Crippen LogP) is 2.21. The fourth-order valence-electron chi connectivity index (χ4n) is 3.57. The lowest BCUT2D eigenvalue weighted by Gasteiger charge is -2.36. The molecule has 0 N–H and O–H groups in total. The first-order chi connectivity index (χ1) is 14.4. The van der Waals surface area contributed by atoms with Gasteiger partial charge in [-0.15, -0.1) is 10.2 Å². The smallest absolute Gasteiger partial charge is 0.244 e. The Morgan fingerprint density at radius 2 is 1.87 bits per heavy atom. The number of aryl methyl sites for hydroxylation is 2. The van der Waals surface area contributed by atoms with Crippen molar-refractivity contribution in [1.29, 1.82) is 0 Å². The van der Waals surface area contributed by atoms with Gasteiger partial charge in [-0.05, 0) is 43.7 Å². The van der Waals surface area contributed by atoms with Crippen molar-refractivity contribution in [2.75, 3.05) is 32.8 Å². The van der Waals surface area contributed by atoms with E-state index in [-0.39, 0.29) is 18.3 Å². The molecule has 0 aliphatic carbocycles. The maximum absolute atomic E-state index is 13.5. The maximum atomic E-state index is 13.5. The van der Waals surface area contributed by atoms with Crippen LogP contribution in [0.15, 0.2) is 34.5 Å². The zero-order valence-corrected chi connectivity index (χ0v) is 17.4. The molecule has 4 rings (SSSR count). The molecule has 1 aromatic carbocycles. The molecule has 0 atom stereocenters. The maximum Gasteiger partial charge on any atom is 0.244 e. The van der Waals surface area contributed by atoms with Crippen molar-refractivity contribution in [3.8, 4) is 11.3 Å². The Kier molecular flexibility index (Phi) is 5.52. The molecule has 0 spiro atoms. The van der Waals surface area contributed by atoms with Gasteiger partial charge in [0.15, 0.2) is 5.84 Å². The Balaban J connectivity index is 1.38. The van der Waals surface area contributed by atoms with Gasteiger partial charge in [-0.3, -0.25) is 9.48 Å². The zero-order chi connectivity index (χ0) is 21.3. The van der Waals surface area contributed by atoms with Crippen LogP contribution in [-0.2, 0) is 16.1 Å². The second-order valence-electron chi connectivity index (χ2n) is 7.58. The second-order valence-corrected chi connectivity index (χ2v) is 7.58. The van der Waals surface area contributed by atoms with E-state index in [4.69, 9.17) is 4.74 Å². The Hall–Kier alpha value is -3.23. The monoisotopic (exact) mass is 412 g/mol. The lowest BCUT2D eigenvalue weighted by Crippen LogP contribution is -2.52. The summed E-state index contributed by atoms with van der Waals surface area (Å²) < 4.78 is 20.7. The molecule has 158 valence electrons. The Morgan fingerprint density at radius 1 is 1.10 bits per heavy atom. The van der Waals surface area contributed by atoms with E-state index in [0.29, 0.717) is 44.2 Å². The molecule has 0 radical (unpaired) electrons. The lowest BCUT2D eigenvalue weighted by molar-refractivity contribution is -0.133. The van der Waals surface area contributed by atoms with Crippen LogP contribution in [0.4, 0.5) is 4.39 Å². The van der Waals surface area contributed by atoms with E-state index in [0.717, 1.165) is 22.8 Å². The summed E-state index contributed by atoms with van der Waals surface area (Å²) in [6.45, 7) is 8.64. The fourth-order valence-corrected chi connectivity index (χ4v) is 3.57. The first-order valence-corrected chi connectivity index (χ1v) is 9.98. The van der Waals surface area contributed by atoms with Crippen molar-refractivity contribution in [2.24, 2.45) is 10.2 Å². The highest BCUT2D eigenvalue weighted by Gasteiger charge is 2.25. The number of aromatic nitrogens is 2. The summed E-state index contributed by atoms with van der Waals surface area (Å²) in [5.41, 5.74) is 3.04. The van der Waals surface area contributed by atoms with Crippen molar-refractivity contribution in [3.63, 3.8) is 0 Å². The third-order valence-electron chi connectivity index (χ3n) is 5.43. The highest BCUT2D eigenvalue weighted by atomic mass is 19.1. The minimum atomic E-state index is -0.239. The normalized spacial score (nSPS) is 16.8. The molecule has 0 unspecified atom stereocenters. The van der Waals surface area contributed by atoms with Crippen LogP contribution >= 0.6 is 0 Å². The van der Waals surface area contributed by atoms with Crippen LogP contribution in [0.25, 0.3) is 11.3 Å². The van der Waals surface area contributed by atoms with Gasteiger partial charge in [0.1, 0.15) is 19.0 Å². The van der Waals surface area contributed by atoms with Gasteiger partial charge in [-0.2, -0.15) is 5.10 Å². The van der Waals surface area contributed by atoms with Gasteiger partial charge in [0.05, 0.1) is 5.69 Å². The summed E-state index contributed by atoms with van der Waals surface area (Å²) in [4.78, 5) is 16.8. The van der Waals surface area contributed by atoms with E-state index in [1.54, 1.807) is 30.7 Å². The van der Waals surface area contributed by atoms with E-state index in [9.17, 15) is 9.18 Å². The number of amidine groups is 1. The average molecular weight is 412 g/mol. The van der Waals surface area contributed by atoms with Crippen LogP contribution in [-0.4, -0.2) is 70.0 Å². The first kappa shape index (κ1) is 20.1. The van der Waals surface area contributed by atoms with Gasteiger partial charge < -0.3 is 14.5 Å². The second kappa shape index (κ2) is 8.25. The van der Waals surface area contributed by atoms with Crippen LogP contribution in [0.2, 0.25) is 0 Å². The van der Waals surface area contributed by atoms with Crippen LogP contribution in [0.1, 0.15) is 18.2 Å². The van der Waals surface area contributed by atoms with Crippen LogP contribution < -0.4 is 0 Å². The van der Waals surface area contributed by atoms with E-state index >= 15 is 0 Å². The number of halogens is 1. The van der Waals surface area contributed by atoms with Gasteiger partial charge in [-0.1, -0.05) is 0 Å². The van der Waals surface area contributed by atoms with Crippen molar-refractivity contribution in [3.05, 3.63) is 41.3 Å². The van der Waals surface area contributed by atoms with Crippen LogP contribution in [0.5, 0.6) is 0 Å². The molecule has 8 nitrogen and oxygen atoms in total. The van der Waals surface area contributed by atoms with Crippen molar-refractivity contribution in [1.82, 2.24) is 19.6 Å². The minimum absolute atomic E-state index is 0.0263. The van der Waals surface area contributed by atoms with Crippen molar-refractivity contribution >= 4 is 17.6 Å². The highest BCUT2D eigenvalue weighted by Crippen LogP contribution is 2.22. The van der Waals surface area contributed by atoms with Gasteiger partial charge in [0.2, 0.25) is 11.8 Å². The first-order valence-electron chi connectivity index (χ1n) is 9.98. The van der Waals surface area contributed by atoms with E-state index in [1.807, 2.05) is 17.9 Å². The topological polar surface area (TPSA) is 75.3 Å². The fraction of sp³-hybridized carbons (Fsp3) is 0.429. The number of benzene rings is 1. The van der Waals surface area contributed by atoms with Gasteiger partial charge >= 0.3 is 0 Å². The SMILES string of the molecule is CC1=NN=C(N2CCN(C(=O)Cn3nc(-c4ccc(F)c(C)c4)cc3C)CC2)CO1. The molecule has 30 heavy (non-hydrogen) atoms. The van der Waals surface area contributed by atoms with E-state index in [1.165, 1.54) is 6.07 Å². The standard InChI is InChI=1S/C21H25FN6O2/c1-14-10-17(4-5-18(14)22)19-11-15(2)28(25-19)12-21(29)27-8-6-26(7-9-27)20-13-30-16(3)23-24-20/h4-5,10-11H,6-9,12-13H2,1-3H3. The van der Waals surface area contributed by atoms with Crippen molar-refractivity contribution < 1.29 is 13.9 Å². The number of hydrogen-bond acceptors (Lipinski definition) is 6. The Bertz CT molecular complexity index is 1020. The number of ether oxygens (including phenoxy) is 1. The number of rotatable bonds is 3. The number of carbonyl (C=O) groups excluding carboxylic acids is 1. The van der Waals surface area contributed by atoms with Gasteiger partial charge in [-0.25, -0.2) is 4.39 Å². The number of carbonyl (C=O) groups is 1. The summed E-state index contributed by atoms with van der Waals surface area (Å²) in [5, 5.41) is 12.7. The molecule has 0 bridgehead atoms. The summed E-state index contributed by atoms with van der Waals surface area (Å²) in [5.74, 6) is 1.16. The molecule has 2 aliphatic heterocycles. The molecule has 1 saturated heterocycles. The third kappa shape index (κ3) is 4.19. The summed E-state index contributed by atoms with van der Waals surface area (Å²) in [6.07, 6.45) is 0. The molecule has 1 fully saturated rings. The van der Waals surface area contributed by atoms with Crippen LogP contribution in [0, 0.1) is 19.7 Å². The van der Waals surface area contributed by atoms with E-state index in [2.05, 4.69) is 20.2 Å². The largest absolute Gasteiger partial charge is 0.472 e. The molecule has 3 heterocycles. The molecular formula is C21H25FN6O2. The van der Waals surface area contributed by atoms with Gasteiger partial charge in [0.25, 0.3) is 0 Å². The lowest BCUT2D eigenvalue weighted by atomic mass is 10.1. The summed E-state index contributed by atoms with van der Waals surface area (Å²) in [6, 6.07) is 6.84. The number of amides is 1. The Morgan fingerprint density at radius 3 is 2.53 bits per heavy atom. The molecule has 0 saturated carbocycles. The number of nitrogens with zero attached hydrogens (tertiary/aromatic N) is 6. The quantitative estimate of drug-likeness (QED) is 0.775. The molecule has 1 amide bonds. The van der Waals surface area contributed by atoms with Gasteiger partial charge in [0, 0.05) is 44.4 Å². The van der Waals surface area contributed by atoms with Crippen LogP contribution in [0.3, 0.4) is 0 Å².